The van der Waals surface area contributed by atoms with Crippen LogP contribution in [0.5, 0.6) is 0 Å². The molecule has 3 rings (SSSR count). The molecule has 30 heavy (non-hydrogen) atoms. The van der Waals surface area contributed by atoms with Gasteiger partial charge >= 0.3 is 0 Å². The average Bonchev–Trinajstić information content (AvgIpc) is 3.04. The van der Waals surface area contributed by atoms with Gasteiger partial charge in [-0.1, -0.05) is 24.8 Å². The third-order valence-corrected chi connectivity index (χ3v) is 4.68. The lowest BCUT2D eigenvalue weighted by Gasteiger charge is -2.19. The predicted molar refractivity (Wildman–Crippen MR) is 111 cm³/mol. The fourth-order valence-corrected chi connectivity index (χ4v) is 3.09. The van der Waals surface area contributed by atoms with Crippen molar-refractivity contribution >= 4 is 23.4 Å². The molecule has 2 bridgehead atoms. The molecule has 2 aliphatic heterocycles. The first kappa shape index (κ1) is 23.4. The number of halogens is 3. The van der Waals surface area contributed by atoms with E-state index in [9.17, 15) is 18.4 Å². The second kappa shape index (κ2) is 11.3. The topological polar surface area (TPSA) is 79.5 Å². The molecule has 0 spiro atoms. The molecule has 0 aromatic rings. The van der Waals surface area contributed by atoms with Gasteiger partial charge < -0.3 is 20.7 Å². The van der Waals surface area contributed by atoms with Crippen molar-refractivity contribution in [2.24, 2.45) is 0 Å². The zero-order valence-corrected chi connectivity index (χ0v) is 17.2. The van der Waals surface area contributed by atoms with Gasteiger partial charge in [0.2, 0.25) is 0 Å². The Hall–Kier alpha value is -2.87. The van der Waals surface area contributed by atoms with E-state index in [0.717, 1.165) is 23.6 Å². The molecule has 162 valence electrons. The molecular formula is C21H24ClF2N3O3. The van der Waals surface area contributed by atoms with E-state index >= 15 is 0 Å². The highest BCUT2D eigenvalue weighted by Gasteiger charge is 2.29. The van der Waals surface area contributed by atoms with Gasteiger partial charge in [-0.3, -0.25) is 9.59 Å². The van der Waals surface area contributed by atoms with Gasteiger partial charge in [0.25, 0.3) is 11.8 Å². The van der Waals surface area contributed by atoms with Gasteiger partial charge in [0.05, 0.1) is 5.57 Å². The van der Waals surface area contributed by atoms with Crippen LogP contribution in [0.4, 0.5) is 8.78 Å². The number of carbonyl (C=O) groups excluding carboxylic acids is 2. The molecule has 2 heterocycles. The van der Waals surface area contributed by atoms with Gasteiger partial charge in [0, 0.05) is 42.5 Å². The maximum absolute atomic E-state index is 14.5. The molecule has 1 saturated heterocycles. The first-order chi connectivity index (χ1) is 14.3. The Labute approximate surface area is 179 Å². The number of fused-ring (bicyclic) bond motifs is 4. The third-order valence-electron chi connectivity index (χ3n) is 4.47. The molecule has 0 aromatic heterocycles. The molecule has 3 aliphatic rings. The van der Waals surface area contributed by atoms with Crippen molar-refractivity contribution in [3.63, 3.8) is 0 Å². The van der Waals surface area contributed by atoms with Gasteiger partial charge in [-0.15, -0.1) is 0 Å². The van der Waals surface area contributed by atoms with Crippen molar-refractivity contribution in [3.05, 3.63) is 70.8 Å². The van der Waals surface area contributed by atoms with Gasteiger partial charge in [-0.05, 0) is 30.9 Å². The van der Waals surface area contributed by atoms with E-state index in [0.29, 0.717) is 30.8 Å². The van der Waals surface area contributed by atoms with Crippen molar-refractivity contribution in [1.29, 1.82) is 0 Å². The van der Waals surface area contributed by atoms with Crippen molar-refractivity contribution in [1.82, 2.24) is 16.0 Å². The van der Waals surface area contributed by atoms with E-state index in [4.69, 9.17) is 16.3 Å². The van der Waals surface area contributed by atoms with Crippen LogP contribution in [0, 0.1) is 0 Å². The molecule has 9 heteroatoms. The summed E-state index contributed by atoms with van der Waals surface area (Å²) in [7, 11) is 0. The van der Waals surface area contributed by atoms with Crippen LogP contribution < -0.4 is 16.0 Å². The number of amides is 2. The van der Waals surface area contributed by atoms with Crippen molar-refractivity contribution in [2.75, 3.05) is 19.7 Å². The number of hydrogen-bond donors (Lipinski definition) is 3. The first-order valence-corrected chi connectivity index (χ1v) is 9.83. The number of rotatable bonds is 10. The maximum atomic E-state index is 14.5. The number of nitrogens with one attached hydrogen (secondary N) is 3. The summed E-state index contributed by atoms with van der Waals surface area (Å²) in [5.74, 6) is -2.17. The van der Waals surface area contributed by atoms with E-state index in [1.165, 1.54) is 6.08 Å². The molecule has 6 nitrogen and oxygen atoms in total. The van der Waals surface area contributed by atoms with E-state index in [1.807, 2.05) is 0 Å². The van der Waals surface area contributed by atoms with Gasteiger partial charge in [0.1, 0.15) is 11.6 Å². The predicted octanol–water partition coefficient (Wildman–Crippen LogP) is 3.52. The molecule has 1 fully saturated rings. The minimum absolute atomic E-state index is 0.0373. The summed E-state index contributed by atoms with van der Waals surface area (Å²) in [4.78, 5) is 24.3. The quantitative estimate of drug-likeness (QED) is 0.359. The summed E-state index contributed by atoms with van der Waals surface area (Å²) in [6.07, 6.45) is 4.55. The van der Waals surface area contributed by atoms with Crippen LogP contribution >= 0.6 is 11.6 Å². The Kier molecular flexibility index (Phi) is 8.86. The van der Waals surface area contributed by atoms with Crippen molar-refractivity contribution in [3.8, 4) is 0 Å². The summed E-state index contributed by atoms with van der Waals surface area (Å²) in [6.45, 7) is 7.44. The van der Waals surface area contributed by atoms with E-state index in [2.05, 4.69) is 29.1 Å². The average molecular weight is 440 g/mol. The highest BCUT2D eigenvalue weighted by atomic mass is 35.5. The second-order valence-corrected chi connectivity index (χ2v) is 6.89. The molecule has 0 atom stereocenters. The molecule has 2 amide bonds. The Morgan fingerprint density at radius 1 is 1.33 bits per heavy atom. The summed E-state index contributed by atoms with van der Waals surface area (Å²) in [5, 5.41) is 8.18. The lowest BCUT2D eigenvalue weighted by Crippen LogP contribution is -2.33. The number of dihydropyridines is 1. The summed E-state index contributed by atoms with van der Waals surface area (Å²) in [5.41, 5.74) is 2.43. The molecule has 0 unspecified atom stereocenters. The van der Waals surface area contributed by atoms with Crippen molar-refractivity contribution in [2.45, 2.75) is 25.7 Å². The molecule has 0 aromatic carbocycles. The van der Waals surface area contributed by atoms with Crippen LogP contribution in [-0.4, -0.2) is 31.5 Å². The van der Waals surface area contributed by atoms with Gasteiger partial charge in [-0.2, -0.15) is 0 Å². The monoisotopic (exact) mass is 439 g/mol. The molecule has 0 radical (unpaired) electrons. The standard InChI is InChI=1S/C21H24ClF2N3O3/c1-3-16(9-15(23)10-22)30-12-18(28)27-13(2)7-8-25-21(29)19-14-5-4-6-17(20(19)24)26-11-14/h3,9-10,26H,1-2,4-8,11-12H2,(H,25,29)(H,27,28)/b15-10-,16-9+. The molecule has 1 aliphatic carbocycles. The highest BCUT2D eigenvalue weighted by molar-refractivity contribution is 6.25. The van der Waals surface area contributed by atoms with Crippen molar-refractivity contribution < 1.29 is 23.1 Å². The minimum atomic E-state index is -0.743. The summed E-state index contributed by atoms with van der Waals surface area (Å²) >= 11 is 5.22. The highest BCUT2D eigenvalue weighted by Crippen LogP contribution is 2.32. The minimum Gasteiger partial charge on any atom is -0.484 e. The Balaban J connectivity index is 1.76. The Bertz CT molecular complexity index is 852. The lowest BCUT2D eigenvalue weighted by molar-refractivity contribution is -0.123. The van der Waals surface area contributed by atoms with Gasteiger partial charge in [0.15, 0.2) is 12.4 Å². The lowest BCUT2D eigenvalue weighted by atomic mass is 10.0. The Morgan fingerprint density at radius 3 is 2.80 bits per heavy atom. The third kappa shape index (κ3) is 6.59. The summed E-state index contributed by atoms with van der Waals surface area (Å²) in [6, 6.07) is 0. The zero-order chi connectivity index (χ0) is 22.1. The molecular weight excluding hydrogens is 416 g/mol. The van der Waals surface area contributed by atoms with Crippen LogP contribution in [0.25, 0.3) is 0 Å². The SMILES string of the molecule is C=C/C(=C\C(F)=C\Cl)OCC(=O)NC(=C)CCNC(=O)C1=C2CCCC(=C1F)NC2. The fraction of sp³-hybridized carbons (Fsp3) is 0.333. The first-order valence-electron chi connectivity index (χ1n) is 9.39. The smallest absolute Gasteiger partial charge is 0.262 e. The Morgan fingerprint density at radius 2 is 2.10 bits per heavy atom. The molecule has 3 N–H and O–H groups in total. The maximum Gasteiger partial charge on any atom is 0.262 e. The summed E-state index contributed by atoms with van der Waals surface area (Å²) < 4.78 is 32.7. The van der Waals surface area contributed by atoms with Gasteiger partial charge in [-0.25, -0.2) is 8.78 Å². The van der Waals surface area contributed by atoms with E-state index in [-0.39, 0.29) is 30.9 Å². The number of ether oxygens (including phenoxy) is 1. The number of carbonyl (C=O) groups is 2. The fourth-order valence-electron chi connectivity index (χ4n) is 3.02. The van der Waals surface area contributed by atoms with Crippen LogP contribution in [0.15, 0.2) is 70.8 Å². The largest absolute Gasteiger partial charge is 0.484 e. The number of allylic oxidation sites excluding steroid dienone is 4. The van der Waals surface area contributed by atoms with E-state index in [1.54, 1.807) is 0 Å². The van der Waals surface area contributed by atoms with Crippen LogP contribution in [0.1, 0.15) is 25.7 Å². The zero-order valence-electron chi connectivity index (χ0n) is 16.5. The normalized spacial score (nSPS) is 16.6. The number of hydrogen-bond acceptors (Lipinski definition) is 4. The van der Waals surface area contributed by atoms with Crippen LogP contribution in [0.2, 0.25) is 0 Å². The van der Waals surface area contributed by atoms with Crippen LogP contribution in [0.3, 0.4) is 0 Å². The molecule has 0 saturated carbocycles. The van der Waals surface area contributed by atoms with E-state index < -0.39 is 23.5 Å². The second-order valence-electron chi connectivity index (χ2n) is 6.67. The van der Waals surface area contributed by atoms with Crippen LogP contribution in [-0.2, 0) is 14.3 Å².